The van der Waals surface area contributed by atoms with Gasteiger partial charge in [0.25, 0.3) is 0 Å². The number of rotatable bonds is 0. The van der Waals surface area contributed by atoms with Crippen molar-refractivity contribution in [3.63, 3.8) is 0 Å². The van der Waals surface area contributed by atoms with E-state index in [4.69, 9.17) is 0 Å². The largest absolute Gasteiger partial charge is 4.00 e. The van der Waals surface area contributed by atoms with Crippen molar-refractivity contribution in [3.8, 4) is 0 Å². The monoisotopic (exact) mass is 320 g/mol. The number of allylic oxidation sites excluding steroid dienone is 4. The van der Waals surface area contributed by atoms with E-state index < -0.39 is 0 Å². The van der Waals surface area contributed by atoms with Crippen molar-refractivity contribution in [1.29, 1.82) is 0 Å². The molecule has 0 saturated carbocycles. The Morgan fingerprint density at radius 1 is 1.00 bits per heavy atom. The second-order valence-corrected chi connectivity index (χ2v) is 1.00. The molecule has 10 heavy (non-hydrogen) atoms. The smallest absolute Gasteiger partial charge is 0.358 e. The van der Waals surface area contributed by atoms with Gasteiger partial charge in [0.2, 0.25) is 0 Å². The average molecular weight is 320 g/mol. The number of hydrogen-bond acceptors (Lipinski definition) is 0. The van der Waals surface area contributed by atoms with Crippen LogP contribution in [0.4, 0.5) is 0 Å². The van der Waals surface area contributed by atoms with E-state index in [1.54, 1.807) is 0 Å². The zero-order valence-electron chi connectivity index (χ0n) is 7.26. The SMILES string of the molecule is [C-]1=CC=CC1.[CH3-].[CH3-].[CH3-].[CH3-].[Pt+4]. The third-order valence-corrected chi connectivity index (χ3v) is 0.586. The van der Waals surface area contributed by atoms with Crippen molar-refractivity contribution in [2.24, 2.45) is 0 Å². The van der Waals surface area contributed by atoms with Crippen molar-refractivity contribution in [2.75, 3.05) is 0 Å². The van der Waals surface area contributed by atoms with Crippen LogP contribution in [0.25, 0.3) is 0 Å². The van der Waals surface area contributed by atoms with Gasteiger partial charge < -0.3 is 29.7 Å². The van der Waals surface area contributed by atoms with Gasteiger partial charge in [0.1, 0.15) is 0 Å². The molecule has 0 radical (unpaired) electrons. The quantitative estimate of drug-likeness (QED) is 0.602. The molecule has 0 bridgehead atoms. The Morgan fingerprint density at radius 2 is 1.50 bits per heavy atom. The van der Waals surface area contributed by atoms with E-state index >= 15 is 0 Å². The summed E-state index contributed by atoms with van der Waals surface area (Å²) in [7, 11) is 0. The fourth-order valence-electron chi connectivity index (χ4n) is 0.340. The van der Waals surface area contributed by atoms with Gasteiger partial charge >= 0.3 is 21.1 Å². The summed E-state index contributed by atoms with van der Waals surface area (Å²) in [4.78, 5) is 0. The van der Waals surface area contributed by atoms with Crippen LogP contribution < -0.4 is 0 Å². The molecule has 0 amide bonds. The second kappa shape index (κ2) is 22.9. The summed E-state index contributed by atoms with van der Waals surface area (Å²) < 4.78 is 0. The molecule has 1 rings (SSSR count). The fourth-order valence-corrected chi connectivity index (χ4v) is 0.340. The van der Waals surface area contributed by atoms with Gasteiger partial charge in [-0.1, -0.05) is 0 Å². The van der Waals surface area contributed by atoms with Gasteiger partial charge in [-0.2, -0.15) is 6.08 Å². The van der Waals surface area contributed by atoms with Crippen LogP contribution in [-0.2, 0) is 21.1 Å². The third-order valence-electron chi connectivity index (χ3n) is 0.586. The Labute approximate surface area is 81.7 Å². The second-order valence-electron chi connectivity index (χ2n) is 1.00. The van der Waals surface area contributed by atoms with Crippen molar-refractivity contribution in [1.82, 2.24) is 0 Å². The summed E-state index contributed by atoms with van der Waals surface area (Å²) in [6.07, 6.45) is 10.0. The van der Waals surface area contributed by atoms with Gasteiger partial charge in [-0.05, 0) is 0 Å². The van der Waals surface area contributed by atoms with Gasteiger partial charge in [0.05, 0.1) is 0 Å². The summed E-state index contributed by atoms with van der Waals surface area (Å²) in [6, 6.07) is 0. The Bertz CT molecular complexity index is 62.8. The van der Waals surface area contributed by atoms with Crippen LogP contribution in [0, 0.1) is 35.8 Å². The zero-order valence-corrected chi connectivity index (χ0v) is 9.53. The maximum Gasteiger partial charge on any atom is 4.00 e. The van der Waals surface area contributed by atoms with Crippen molar-refractivity contribution in [3.05, 3.63) is 54.0 Å². The maximum absolute atomic E-state index is 2.99. The van der Waals surface area contributed by atoms with E-state index in [2.05, 4.69) is 12.2 Å². The van der Waals surface area contributed by atoms with Crippen LogP contribution in [0.15, 0.2) is 18.2 Å². The van der Waals surface area contributed by atoms with Crippen LogP contribution >= 0.6 is 0 Å². The molecule has 0 fully saturated rings. The molecule has 1 heteroatoms. The van der Waals surface area contributed by atoms with Crippen molar-refractivity contribution < 1.29 is 21.1 Å². The van der Waals surface area contributed by atoms with E-state index in [1.807, 2.05) is 12.2 Å². The molecule has 0 aliphatic heterocycles. The van der Waals surface area contributed by atoms with Crippen LogP contribution in [0.2, 0.25) is 0 Å². The molecule has 0 heterocycles. The average Bonchev–Trinajstić information content (AvgIpc) is 1.76. The molecule has 0 nitrogen and oxygen atoms in total. The standard InChI is InChI=1S/C5H5.4CH3.Pt/c1-2-4-5-3-1;;;;;/h1-3H,4H2;4*1H3;/q5*-1;+4. The Balaban J connectivity index is -0.0000000167. The molecule has 0 N–H and O–H groups in total. The minimum Gasteiger partial charge on any atom is -0.358 e. The maximum atomic E-state index is 2.99. The van der Waals surface area contributed by atoms with Crippen molar-refractivity contribution in [2.45, 2.75) is 6.42 Å². The Morgan fingerprint density at radius 3 is 1.60 bits per heavy atom. The van der Waals surface area contributed by atoms with E-state index in [9.17, 15) is 0 Å². The van der Waals surface area contributed by atoms with Gasteiger partial charge in [-0.15, -0.1) is 6.42 Å². The van der Waals surface area contributed by atoms with E-state index in [-0.39, 0.29) is 50.8 Å². The topological polar surface area (TPSA) is 0 Å². The van der Waals surface area contributed by atoms with Gasteiger partial charge in [0, 0.05) is 0 Å². The third kappa shape index (κ3) is 15.7. The summed E-state index contributed by atoms with van der Waals surface area (Å²) in [5, 5.41) is 0. The van der Waals surface area contributed by atoms with Gasteiger partial charge in [-0.25, -0.2) is 12.2 Å². The molecule has 0 spiro atoms. The first kappa shape index (κ1) is 32.0. The fraction of sp³-hybridized carbons (Fsp3) is 0.111. The minimum atomic E-state index is 0. The summed E-state index contributed by atoms with van der Waals surface area (Å²) >= 11 is 0. The van der Waals surface area contributed by atoms with E-state index in [0.717, 1.165) is 6.42 Å². The van der Waals surface area contributed by atoms with E-state index in [0.29, 0.717) is 0 Å². The zero-order chi connectivity index (χ0) is 3.54. The number of hydrogen-bond donors (Lipinski definition) is 0. The molecule has 1 aliphatic rings. The van der Waals surface area contributed by atoms with Crippen molar-refractivity contribution >= 4 is 0 Å². The van der Waals surface area contributed by atoms with E-state index in [1.165, 1.54) is 0 Å². The molecule has 1 aliphatic carbocycles. The predicted molar refractivity (Wildman–Crippen MR) is 47.2 cm³/mol. The van der Waals surface area contributed by atoms with Crippen LogP contribution in [0.3, 0.4) is 0 Å². The molecular weight excluding hydrogens is 303 g/mol. The molecule has 0 unspecified atom stereocenters. The first-order chi connectivity index (χ1) is 2.50. The summed E-state index contributed by atoms with van der Waals surface area (Å²) in [6.45, 7) is 0. The molecule has 64 valence electrons. The molecule has 0 aromatic rings. The molecule has 0 atom stereocenters. The predicted octanol–water partition coefficient (Wildman–Crippen LogP) is 3.10. The first-order valence-corrected chi connectivity index (χ1v) is 1.72. The van der Waals surface area contributed by atoms with Crippen LogP contribution in [0.1, 0.15) is 6.42 Å². The van der Waals surface area contributed by atoms with Gasteiger partial charge in [0.15, 0.2) is 0 Å². The molecular formula is C9H17Pt-. The Hall–Kier alpha value is 0.168. The molecule has 0 aromatic heterocycles. The van der Waals surface area contributed by atoms with Gasteiger partial charge in [-0.3, -0.25) is 6.08 Å². The van der Waals surface area contributed by atoms with Crippen LogP contribution in [-0.4, -0.2) is 0 Å². The van der Waals surface area contributed by atoms with Crippen LogP contribution in [0.5, 0.6) is 0 Å². The Kier molecular flexibility index (Phi) is 73.3. The molecule has 0 aromatic carbocycles. The molecule has 0 saturated heterocycles. The normalized spacial score (nSPS) is 8.80. The summed E-state index contributed by atoms with van der Waals surface area (Å²) in [5.41, 5.74) is 0. The first-order valence-electron chi connectivity index (χ1n) is 1.72. The minimum absolute atomic E-state index is 0. The summed E-state index contributed by atoms with van der Waals surface area (Å²) in [5.74, 6) is 0.